The first-order valence-corrected chi connectivity index (χ1v) is 8.08. The van der Waals surface area contributed by atoms with Gasteiger partial charge in [0.2, 0.25) is 0 Å². The van der Waals surface area contributed by atoms with Gasteiger partial charge in [0, 0.05) is 0 Å². The largest absolute Gasteiger partial charge is 0.394 e. The smallest absolute Gasteiger partial charge is 0.189 e. The Labute approximate surface area is 143 Å². The molecule has 11 heteroatoms. The second-order valence-corrected chi connectivity index (χ2v) is 6.36. The number of rotatable bonds is 3. The molecular weight excluding hydrogens is 344 g/mol. The molecule has 3 rings (SSSR count). The average molecular weight is 368 g/mol. The number of fused-ring (bicyclic) bond motifs is 1. The van der Waals surface area contributed by atoms with Gasteiger partial charge in [0.05, 0.1) is 13.2 Å². The number of aliphatic hydroxyl groups is 6. The van der Waals surface area contributed by atoms with E-state index in [1.807, 2.05) is 0 Å². The van der Waals surface area contributed by atoms with Crippen LogP contribution in [0, 0.1) is 0 Å². The minimum Gasteiger partial charge on any atom is -0.394 e. The highest BCUT2D eigenvalue weighted by Gasteiger charge is 2.51. The highest BCUT2D eigenvalue weighted by atomic mass is 16.8. The van der Waals surface area contributed by atoms with Crippen LogP contribution in [-0.4, -0.2) is 112 Å². The molecule has 0 saturated carbocycles. The first-order valence-electron chi connectivity index (χ1n) is 8.08. The second-order valence-electron chi connectivity index (χ2n) is 6.36. The molecule has 0 spiro atoms. The third kappa shape index (κ3) is 3.68. The van der Waals surface area contributed by atoms with Crippen molar-refractivity contribution in [3.05, 3.63) is 0 Å². The lowest BCUT2D eigenvalue weighted by molar-refractivity contribution is -0.396. The van der Waals surface area contributed by atoms with E-state index in [1.54, 1.807) is 6.92 Å². The fourth-order valence-electron chi connectivity index (χ4n) is 3.12. The van der Waals surface area contributed by atoms with Gasteiger partial charge in [-0.2, -0.15) is 0 Å². The molecule has 0 amide bonds. The van der Waals surface area contributed by atoms with Gasteiger partial charge < -0.3 is 54.3 Å². The Balaban J connectivity index is 1.67. The van der Waals surface area contributed by atoms with Gasteiger partial charge in [-0.1, -0.05) is 0 Å². The molecule has 3 aliphatic rings. The molecule has 0 aromatic rings. The van der Waals surface area contributed by atoms with Gasteiger partial charge >= 0.3 is 0 Å². The Hall–Kier alpha value is -0.440. The van der Waals surface area contributed by atoms with Gasteiger partial charge in [0.15, 0.2) is 18.9 Å². The minimum atomic E-state index is -1.65. The summed E-state index contributed by atoms with van der Waals surface area (Å²) in [5.74, 6) is 0. The van der Waals surface area contributed by atoms with Crippen molar-refractivity contribution in [1.82, 2.24) is 0 Å². The van der Waals surface area contributed by atoms with E-state index in [4.69, 9.17) is 23.7 Å². The van der Waals surface area contributed by atoms with Crippen molar-refractivity contribution in [3.8, 4) is 0 Å². The fraction of sp³-hybridized carbons (Fsp3) is 1.00. The van der Waals surface area contributed by atoms with Crippen LogP contribution < -0.4 is 0 Å². The normalized spacial score (nSPS) is 54.1. The number of ether oxygens (including phenoxy) is 5. The first kappa shape index (κ1) is 19.3. The molecule has 0 bridgehead atoms. The van der Waals surface area contributed by atoms with E-state index in [2.05, 4.69) is 0 Å². The third-order valence-corrected chi connectivity index (χ3v) is 4.60. The second kappa shape index (κ2) is 7.66. The molecule has 11 unspecified atom stereocenters. The lowest BCUT2D eigenvalue weighted by Crippen LogP contribution is -2.65. The van der Waals surface area contributed by atoms with Crippen LogP contribution in [0.3, 0.4) is 0 Å². The number of aliphatic hydroxyl groups excluding tert-OH is 6. The molecule has 11 atom stereocenters. The zero-order chi connectivity index (χ0) is 18.3. The van der Waals surface area contributed by atoms with Crippen molar-refractivity contribution in [2.75, 3.05) is 13.2 Å². The van der Waals surface area contributed by atoms with Crippen molar-refractivity contribution in [1.29, 1.82) is 0 Å². The van der Waals surface area contributed by atoms with Crippen LogP contribution >= 0.6 is 0 Å². The predicted molar refractivity (Wildman–Crippen MR) is 75.8 cm³/mol. The number of hydrogen-bond acceptors (Lipinski definition) is 11. The van der Waals surface area contributed by atoms with E-state index in [0.29, 0.717) is 0 Å². The van der Waals surface area contributed by atoms with Crippen molar-refractivity contribution >= 4 is 0 Å². The van der Waals surface area contributed by atoms with E-state index in [1.165, 1.54) is 0 Å². The molecule has 0 radical (unpaired) electrons. The van der Waals surface area contributed by atoms with E-state index in [-0.39, 0.29) is 6.61 Å². The Morgan fingerprint density at radius 3 is 2.16 bits per heavy atom. The molecule has 0 aromatic heterocycles. The van der Waals surface area contributed by atoms with Crippen LogP contribution in [0.2, 0.25) is 0 Å². The molecule has 25 heavy (non-hydrogen) atoms. The molecule has 6 N–H and O–H groups in total. The summed E-state index contributed by atoms with van der Waals surface area (Å²) in [6.45, 7) is 1.13. The van der Waals surface area contributed by atoms with Gasteiger partial charge in [-0.15, -0.1) is 0 Å². The minimum absolute atomic E-state index is 0.101. The topological polar surface area (TPSA) is 168 Å². The summed E-state index contributed by atoms with van der Waals surface area (Å²) in [5, 5.41) is 59.1. The summed E-state index contributed by atoms with van der Waals surface area (Å²) in [4.78, 5) is 0. The highest BCUT2D eigenvalue weighted by molar-refractivity contribution is 4.94. The van der Waals surface area contributed by atoms with Gasteiger partial charge in [0.1, 0.15) is 48.8 Å². The quantitative estimate of drug-likeness (QED) is 0.287. The van der Waals surface area contributed by atoms with Gasteiger partial charge in [-0.05, 0) is 6.92 Å². The Morgan fingerprint density at radius 2 is 1.48 bits per heavy atom. The maximum Gasteiger partial charge on any atom is 0.189 e. The maximum absolute atomic E-state index is 10.2. The van der Waals surface area contributed by atoms with Crippen LogP contribution in [0.1, 0.15) is 6.92 Å². The molecule has 3 fully saturated rings. The van der Waals surface area contributed by atoms with E-state index >= 15 is 0 Å². The van der Waals surface area contributed by atoms with Gasteiger partial charge in [0.25, 0.3) is 0 Å². The zero-order valence-corrected chi connectivity index (χ0v) is 13.5. The highest BCUT2D eigenvalue weighted by Crippen LogP contribution is 2.31. The number of hydrogen-bond donors (Lipinski definition) is 6. The summed E-state index contributed by atoms with van der Waals surface area (Å²) in [5.41, 5.74) is 0. The SMILES string of the molecule is CC1OCC2OC(OC3OC(CO)C(O)C(O)C3O)C(O)C(O)C2O1. The molecule has 0 aromatic carbocycles. The van der Waals surface area contributed by atoms with Crippen molar-refractivity contribution < 1.29 is 54.3 Å². The van der Waals surface area contributed by atoms with E-state index < -0.39 is 74.3 Å². The van der Waals surface area contributed by atoms with Crippen LogP contribution in [0.15, 0.2) is 0 Å². The molecule has 3 aliphatic heterocycles. The van der Waals surface area contributed by atoms with Crippen LogP contribution in [-0.2, 0) is 23.7 Å². The molecule has 11 nitrogen and oxygen atoms in total. The molecule has 3 heterocycles. The van der Waals surface area contributed by atoms with E-state index in [9.17, 15) is 30.6 Å². The Kier molecular flexibility index (Phi) is 5.92. The third-order valence-electron chi connectivity index (χ3n) is 4.60. The van der Waals surface area contributed by atoms with Crippen molar-refractivity contribution in [2.45, 2.75) is 74.6 Å². The van der Waals surface area contributed by atoms with Crippen molar-refractivity contribution in [3.63, 3.8) is 0 Å². The summed E-state index contributed by atoms with van der Waals surface area (Å²) >= 11 is 0. The maximum atomic E-state index is 10.2. The van der Waals surface area contributed by atoms with Crippen molar-refractivity contribution in [2.24, 2.45) is 0 Å². The molecule has 146 valence electrons. The lowest BCUT2D eigenvalue weighted by Gasteiger charge is -2.47. The van der Waals surface area contributed by atoms with Crippen LogP contribution in [0.25, 0.3) is 0 Å². The molecule has 0 aliphatic carbocycles. The standard InChI is InChI=1S/C14H24O11/c1-4-21-3-6-12(22-4)9(18)11(20)14(24-6)25-13-10(19)8(17)7(16)5(2-15)23-13/h4-20H,2-3H2,1H3. The Morgan fingerprint density at radius 1 is 0.840 bits per heavy atom. The zero-order valence-electron chi connectivity index (χ0n) is 13.5. The van der Waals surface area contributed by atoms with Crippen LogP contribution in [0.4, 0.5) is 0 Å². The summed E-state index contributed by atoms with van der Waals surface area (Å²) in [6.07, 6.45) is -13.8. The Bertz CT molecular complexity index is 446. The summed E-state index contributed by atoms with van der Waals surface area (Å²) < 4.78 is 26.8. The van der Waals surface area contributed by atoms with Gasteiger partial charge in [-0.3, -0.25) is 0 Å². The summed E-state index contributed by atoms with van der Waals surface area (Å²) in [7, 11) is 0. The molecular formula is C14H24O11. The van der Waals surface area contributed by atoms with E-state index in [0.717, 1.165) is 0 Å². The van der Waals surface area contributed by atoms with Crippen LogP contribution in [0.5, 0.6) is 0 Å². The predicted octanol–water partition coefficient (Wildman–Crippen LogP) is -3.99. The summed E-state index contributed by atoms with van der Waals surface area (Å²) in [6, 6.07) is 0. The monoisotopic (exact) mass is 368 g/mol. The molecule has 3 saturated heterocycles. The van der Waals surface area contributed by atoms with Gasteiger partial charge in [-0.25, -0.2) is 0 Å². The average Bonchev–Trinajstić information content (AvgIpc) is 2.60. The first-order chi connectivity index (χ1) is 11.8. The lowest BCUT2D eigenvalue weighted by atomic mass is 9.97. The fourth-order valence-corrected chi connectivity index (χ4v) is 3.12.